The summed E-state index contributed by atoms with van der Waals surface area (Å²) >= 11 is 2.50. The van der Waals surface area contributed by atoms with Crippen molar-refractivity contribution >= 4 is 22.0 Å². The molecular formula is C12H13N3OSe. The van der Waals surface area contributed by atoms with Crippen molar-refractivity contribution in [3.05, 3.63) is 35.9 Å². The van der Waals surface area contributed by atoms with E-state index in [1.165, 1.54) is 0 Å². The standard InChI is InChI=1S/C12H13N3OSe/c1-16-11-9(7-17)10(14-12(13)15-11)8-5-3-2-4-6-8/h2-6,17H,7H2,1H3,(H2,13,14,15). The Morgan fingerprint density at radius 1 is 1.24 bits per heavy atom. The number of nitrogen functional groups attached to an aromatic ring is 1. The fourth-order valence-electron chi connectivity index (χ4n) is 1.63. The van der Waals surface area contributed by atoms with Crippen LogP contribution < -0.4 is 10.5 Å². The third-order valence-electron chi connectivity index (χ3n) is 2.39. The number of aromatic nitrogens is 2. The first kappa shape index (κ1) is 11.9. The van der Waals surface area contributed by atoms with E-state index in [4.69, 9.17) is 10.5 Å². The molecule has 0 fully saturated rings. The fraction of sp³-hybridized carbons (Fsp3) is 0.167. The van der Waals surface area contributed by atoms with E-state index < -0.39 is 0 Å². The van der Waals surface area contributed by atoms with Gasteiger partial charge in [0.2, 0.25) is 0 Å². The topological polar surface area (TPSA) is 61.0 Å². The van der Waals surface area contributed by atoms with E-state index in [0.29, 0.717) is 5.88 Å². The summed E-state index contributed by atoms with van der Waals surface area (Å²) in [6.45, 7) is 0. The molecule has 0 saturated heterocycles. The van der Waals surface area contributed by atoms with Crippen LogP contribution in [0.15, 0.2) is 30.3 Å². The third-order valence-corrected chi connectivity index (χ3v) is 3.05. The maximum atomic E-state index is 5.69. The van der Waals surface area contributed by atoms with E-state index in [2.05, 4.69) is 26.0 Å². The van der Waals surface area contributed by atoms with Crippen molar-refractivity contribution in [3.63, 3.8) is 0 Å². The van der Waals surface area contributed by atoms with E-state index in [-0.39, 0.29) is 5.95 Å². The fourth-order valence-corrected chi connectivity index (χ4v) is 2.22. The van der Waals surface area contributed by atoms with Crippen LogP contribution in [-0.2, 0) is 5.32 Å². The van der Waals surface area contributed by atoms with Crippen LogP contribution in [0.3, 0.4) is 0 Å². The molecule has 0 radical (unpaired) electrons. The minimum absolute atomic E-state index is 0.227. The van der Waals surface area contributed by atoms with Gasteiger partial charge in [-0.2, -0.15) is 0 Å². The summed E-state index contributed by atoms with van der Waals surface area (Å²) in [5, 5.41) is 0.737. The van der Waals surface area contributed by atoms with E-state index >= 15 is 0 Å². The van der Waals surface area contributed by atoms with E-state index in [1.807, 2.05) is 30.3 Å². The number of hydrogen-bond donors (Lipinski definition) is 1. The first-order valence-corrected chi connectivity index (χ1v) is 6.45. The van der Waals surface area contributed by atoms with Gasteiger partial charge in [0.25, 0.3) is 0 Å². The first-order valence-electron chi connectivity index (χ1n) is 5.13. The number of benzene rings is 1. The van der Waals surface area contributed by atoms with Gasteiger partial charge in [-0.25, -0.2) is 0 Å². The average molecular weight is 294 g/mol. The van der Waals surface area contributed by atoms with Crippen molar-refractivity contribution < 1.29 is 4.74 Å². The van der Waals surface area contributed by atoms with Crippen LogP contribution in [-0.4, -0.2) is 33.1 Å². The molecule has 0 aliphatic rings. The molecule has 17 heavy (non-hydrogen) atoms. The molecule has 0 bridgehead atoms. The quantitative estimate of drug-likeness (QED) is 0.862. The Morgan fingerprint density at radius 3 is 2.53 bits per heavy atom. The third kappa shape index (κ3) is 2.40. The molecular weight excluding hydrogens is 281 g/mol. The van der Waals surface area contributed by atoms with Crippen molar-refractivity contribution in [3.8, 4) is 17.1 Å². The summed E-state index contributed by atoms with van der Waals surface area (Å²) in [5.41, 5.74) is 8.48. The Labute approximate surface area is 108 Å². The van der Waals surface area contributed by atoms with Crippen LogP contribution in [0.2, 0.25) is 0 Å². The number of ether oxygens (including phenoxy) is 1. The summed E-state index contributed by atoms with van der Waals surface area (Å²) in [5.74, 6) is 0.766. The monoisotopic (exact) mass is 295 g/mol. The molecule has 0 saturated carbocycles. The average Bonchev–Trinajstić information content (AvgIpc) is 2.38. The van der Waals surface area contributed by atoms with Gasteiger partial charge in [0, 0.05) is 0 Å². The van der Waals surface area contributed by atoms with Gasteiger partial charge >= 0.3 is 108 Å². The summed E-state index contributed by atoms with van der Waals surface area (Å²) in [4.78, 5) is 8.38. The molecule has 2 rings (SSSR count). The van der Waals surface area contributed by atoms with Gasteiger partial charge in [0.15, 0.2) is 0 Å². The summed E-state index contributed by atoms with van der Waals surface area (Å²) in [7, 11) is 1.59. The van der Waals surface area contributed by atoms with Crippen LogP contribution in [0.25, 0.3) is 11.3 Å². The van der Waals surface area contributed by atoms with Crippen LogP contribution in [0.5, 0.6) is 5.88 Å². The van der Waals surface area contributed by atoms with E-state index in [1.54, 1.807) is 7.11 Å². The van der Waals surface area contributed by atoms with Crippen LogP contribution >= 0.6 is 0 Å². The second-order valence-electron chi connectivity index (χ2n) is 3.44. The zero-order chi connectivity index (χ0) is 12.3. The Balaban J connectivity index is 2.64. The van der Waals surface area contributed by atoms with Gasteiger partial charge < -0.3 is 0 Å². The number of methoxy groups -OCH3 is 1. The van der Waals surface area contributed by atoms with Gasteiger partial charge in [-0.15, -0.1) is 0 Å². The molecule has 0 atom stereocenters. The molecule has 0 amide bonds. The number of nitrogens with two attached hydrogens (primary N) is 1. The summed E-state index contributed by atoms with van der Waals surface area (Å²) in [6.07, 6.45) is 0. The molecule has 0 aliphatic heterocycles. The molecule has 2 N–H and O–H groups in total. The first-order chi connectivity index (χ1) is 8.26. The second kappa shape index (κ2) is 5.17. The Morgan fingerprint density at radius 2 is 1.94 bits per heavy atom. The van der Waals surface area contributed by atoms with Gasteiger partial charge in [-0.1, -0.05) is 0 Å². The van der Waals surface area contributed by atoms with Gasteiger partial charge in [0.1, 0.15) is 0 Å². The Hall–Kier alpha value is -1.58. The van der Waals surface area contributed by atoms with E-state index in [0.717, 1.165) is 22.1 Å². The molecule has 4 nitrogen and oxygen atoms in total. The Bertz CT molecular complexity index is 517. The zero-order valence-corrected chi connectivity index (χ0v) is 11.3. The second-order valence-corrected chi connectivity index (χ2v) is 4.11. The van der Waals surface area contributed by atoms with Crippen molar-refractivity contribution in [1.82, 2.24) is 9.97 Å². The van der Waals surface area contributed by atoms with Crippen molar-refractivity contribution in [2.75, 3.05) is 12.8 Å². The molecule has 0 aliphatic carbocycles. The number of rotatable bonds is 3. The van der Waals surface area contributed by atoms with Crippen LogP contribution in [0, 0.1) is 0 Å². The van der Waals surface area contributed by atoms with Crippen molar-refractivity contribution in [1.29, 1.82) is 0 Å². The Kier molecular flexibility index (Phi) is 3.61. The normalized spacial score (nSPS) is 10.2. The molecule has 2 aromatic rings. The zero-order valence-electron chi connectivity index (χ0n) is 9.42. The summed E-state index contributed by atoms with van der Waals surface area (Å²) < 4.78 is 5.24. The van der Waals surface area contributed by atoms with E-state index in [9.17, 15) is 0 Å². The summed E-state index contributed by atoms with van der Waals surface area (Å²) in [6, 6.07) is 9.89. The van der Waals surface area contributed by atoms with Gasteiger partial charge in [0.05, 0.1) is 0 Å². The molecule has 1 heterocycles. The molecule has 88 valence electrons. The number of anilines is 1. The van der Waals surface area contributed by atoms with Crippen molar-refractivity contribution in [2.24, 2.45) is 0 Å². The number of nitrogens with zero attached hydrogens (tertiary/aromatic N) is 2. The van der Waals surface area contributed by atoms with Crippen molar-refractivity contribution in [2.45, 2.75) is 5.32 Å². The van der Waals surface area contributed by atoms with Gasteiger partial charge in [-0.3, -0.25) is 0 Å². The maximum absolute atomic E-state index is 5.69. The van der Waals surface area contributed by atoms with Gasteiger partial charge in [-0.05, 0) is 0 Å². The molecule has 0 spiro atoms. The van der Waals surface area contributed by atoms with Crippen LogP contribution in [0.4, 0.5) is 5.95 Å². The molecule has 1 aromatic carbocycles. The molecule has 0 unspecified atom stereocenters. The number of hydrogen-bond acceptors (Lipinski definition) is 4. The predicted octanol–water partition coefficient (Wildman–Crippen LogP) is 1.14. The van der Waals surface area contributed by atoms with Crippen LogP contribution in [0.1, 0.15) is 5.56 Å². The molecule has 1 aromatic heterocycles. The minimum atomic E-state index is 0.227. The predicted molar refractivity (Wildman–Crippen MR) is 69.3 cm³/mol. The SMILES string of the molecule is COc1nc(N)nc(-c2ccccc2)c1C[SeH]. The molecule has 5 heteroatoms.